The lowest BCUT2D eigenvalue weighted by molar-refractivity contribution is 0.0697. The minimum atomic E-state index is -1.03. The first-order valence-electron chi connectivity index (χ1n) is 5.57. The van der Waals surface area contributed by atoms with Crippen molar-refractivity contribution in [1.82, 2.24) is 0 Å². The van der Waals surface area contributed by atoms with E-state index < -0.39 is 17.6 Å². The predicted molar refractivity (Wildman–Crippen MR) is 67.1 cm³/mol. The third-order valence-electron chi connectivity index (χ3n) is 2.53. The fraction of sp³-hybridized carbons (Fsp3) is 0.0714. The van der Waals surface area contributed by atoms with Gasteiger partial charge in [-0.1, -0.05) is 6.07 Å². The molecule has 98 valence electrons. The lowest BCUT2D eigenvalue weighted by Gasteiger charge is -2.07. The van der Waals surface area contributed by atoms with E-state index in [4.69, 9.17) is 5.11 Å². The Bertz CT molecular complexity index is 594. The normalized spacial score (nSPS) is 10.2. The second-order valence-corrected chi connectivity index (χ2v) is 4.02. The van der Waals surface area contributed by atoms with Crippen LogP contribution in [0.4, 0.5) is 14.5 Å². The minimum Gasteiger partial charge on any atom is -0.478 e. The molecule has 3 nitrogen and oxygen atoms in total. The first kappa shape index (κ1) is 13.0. The van der Waals surface area contributed by atoms with Gasteiger partial charge in [0.25, 0.3) is 0 Å². The average molecular weight is 263 g/mol. The number of carboxylic acids is 1. The zero-order chi connectivity index (χ0) is 13.8. The number of anilines is 1. The third-order valence-corrected chi connectivity index (χ3v) is 2.53. The topological polar surface area (TPSA) is 49.3 Å². The van der Waals surface area contributed by atoms with Gasteiger partial charge in [0.1, 0.15) is 11.6 Å². The van der Waals surface area contributed by atoms with Gasteiger partial charge < -0.3 is 10.4 Å². The van der Waals surface area contributed by atoms with Crippen molar-refractivity contribution in [2.75, 3.05) is 5.32 Å². The molecule has 0 aromatic heterocycles. The molecule has 0 amide bonds. The second-order valence-electron chi connectivity index (χ2n) is 4.02. The number of carboxylic acid groups (broad SMARTS) is 1. The van der Waals surface area contributed by atoms with Crippen LogP contribution in [0.2, 0.25) is 0 Å². The van der Waals surface area contributed by atoms with Crippen LogP contribution in [0.5, 0.6) is 0 Å². The summed E-state index contributed by atoms with van der Waals surface area (Å²) in [6, 6.07) is 9.44. The number of nitrogens with one attached hydrogen (secondary N) is 1. The molecule has 0 atom stereocenters. The Morgan fingerprint density at radius 2 is 1.79 bits per heavy atom. The van der Waals surface area contributed by atoms with Crippen LogP contribution in [0.15, 0.2) is 42.5 Å². The maximum absolute atomic E-state index is 13.0. The van der Waals surface area contributed by atoms with Crippen LogP contribution in [0, 0.1) is 11.6 Å². The monoisotopic (exact) mass is 263 g/mol. The fourth-order valence-electron chi connectivity index (χ4n) is 1.68. The molecular formula is C14H11F2NO2. The first-order chi connectivity index (χ1) is 9.04. The van der Waals surface area contributed by atoms with Gasteiger partial charge in [0.2, 0.25) is 0 Å². The van der Waals surface area contributed by atoms with Crippen molar-refractivity contribution >= 4 is 11.7 Å². The standard InChI is InChI=1S/C14H11F2NO2/c15-11-4-9(5-12(16)7-11)8-17-13-3-1-2-10(6-13)14(18)19/h1-7,17H,8H2,(H,18,19). The number of aromatic carboxylic acids is 1. The van der Waals surface area contributed by atoms with Crippen molar-refractivity contribution in [1.29, 1.82) is 0 Å². The van der Waals surface area contributed by atoms with Gasteiger partial charge in [-0.15, -0.1) is 0 Å². The molecule has 0 unspecified atom stereocenters. The third kappa shape index (κ3) is 3.51. The van der Waals surface area contributed by atoms with Crippen molar-refractivity contribution in [3.63, 3.8) is 0 Å². The average Bonchev–Trinajstić information content (AvgIpc) is 2.35. The van der Waals surface area contributed by atoms with Crippen molar-refractivity contribution in [2.24, 2.45) is 0 Å². The molecule has 19 heavy (non-hydrogen) atoms. The Morgan fingerprint density at radius 1 is 1.11 bits per heavy atom. The van der Waals surface area contributed by atoms with Crippen LogP contribution in [0.3, 0.4) is 0 Å². The molecule has 0 aliphatic heterocycles. The largest absolute Gasteiger partial charge is 0.478 e. The van der Waals surface area contributed by atoms with Crippen LogP contribution in [0.25, 0.3) is 0 Å². The summed E-state index contributed by atoms with van der Waals surface area (Å²) >= 11 is 0. The van der Waals surface area contributed by atoms with Crippen LogP contribution in [-0.4, -0.2) is 11.1 Å². The maximum atomic E-state index is 13.0. The molecular weight excluding hydrogens is 252 g/mol. The highest BCUT2D eigenvalue weighted by atomic mass is 19.1. The lowest BCUT2D eigenvalue weighted by Crippen LogP contribution is -2.02. The Hall–Kier alpha value is -2.43. The molecule has 0 aliphatic rings. The maximum Gasteiger partial charge on any atom is 0.335 e. The number of hydrogen-bond acceptors (Lipinski definition) is 2. The van der Waals surface area contributed by atoms with E-state index in [0.29, 0.717) is 11.3 Å². The van der Waals surface area contributed by atoms with Crippen LogP contribution in [-0.2, 0) is 6.54 Å². The van der Waals surface area contributed by atoms with E-state index >= 15 is 0 Å². The SMILES string of the molecule is O=C(O)c1cccc(NCc2cc(F)cc(F)c2)c1. The van der Waals surface area contributed by atoms with Crippen molar-refractivity contribution in [3.8, 4) is 0 Å². The minimum absolute atomic E-state index is 0.149. The number of benzene rings is 2. The molecule has 0 heterocycles. The molecule has 0 saturated heterocycles. The van der Waals surface area contributed by atoms with E-state index in [9.17, 15) is 13.6 Å². The van der Waals surface area contributed by atoms with Crippen LogP contribution in [0.1, 0.15) is 15.9 Å². The summed E-state index contributed by atoms with van der Waals surface area (Å²) in [5, 5.41) is 11.8. The number of rotatable bonds is 4. The fourth-order valence-corrected chi connectivity index (χ4v) is 1.68. The van der Waals surface area contributed by atoms with Gasteiger partial charge in [-0.2, -0.15) is 0 Å². The molecule has 0 saturated carbocycles. The zero-order valence-corrected chi connectivity index (χ0v) is 9.86. The van der Waals surface area contributed by atoms with E-state index in [1.165, 1.54) is 24.3 Å². The van der Waals surface area contributed by atoms with Gasteiger partial charge in [-0.3, -0.25) is 0 Å². The smallest absolute Gasteiger partial charge is 0.335 e. The Kier molecular flexibility index (Phi) is 3.75. The summed E-state index contributed by atoms with van der Waals surface area (Å²) in [5.74, 6) is -2.31. The summed E-state index contributed by atoms with van der Waals surface area (Å²) < 4.78 is 26.0. The summed E-state index contributed by atoms with van der Waals surface area (Å²) in [6.45, 7) is 0.206. The quantitative estimate of drug-likeness (QED) is 0.890. The van der Waals surface area contributed by atoms with Crippen molar-refractivity contribution < 1.29 is 18.7 Å². The van der Waals surface area contributed by atoms with Gasteiger partial charge in [0.15, 0.2) is 0 Å². The van der Waals surface area contributed by atoms with Gasteiger partial charge in [-0.05, 0) is 35.9 Å². The molecule has 0 bridgehead atoms. The Labute approximate surface area is 108 Å². The Morgan fingerprint density at radius 3 is 2.42 bits per heavy atom. The van der Waals surface area contributed by atoms with Crippen LogP contribution < -0.4 is 5.32 Å². The highest BCUT2D eigenvalue weighted by Gasteiger charge is 2.04. The van der Waals surface area contributed by atoms with E-state index in [1.54, 1.807) is 12.1 Å². The highest BCUT2D eigenvalue weighted by Crippen LogP contribution is 2.14. The molecule has 2 N–H and O–H groups in total. The van der Waals surface area contributed by atoms with Crippen LogP contribution >= 0.6 is 0 Å². The highest BCUT2D eigenvalue weighted by molar-refractivity contribution is 5.88. The molecule has 2 aromatic rings. The second kappa shape index (κ2) is 5.48. The molecule has 0 spiro atoms. The zero-order valence-electron chi connectivity index (χ0n) is 9.86. The van der Waals surface area contributed by atoms with Gasteiger partial charge >= 0.3 is 5.97 Å². The predicted octanol–water partition coefficient (Wildman–Crippen LogP) is 3.28. The molecule has 0 fully saturated rings. The molecule has 0 aliphatic carbocycles. The van der Waals surface area contributed by atoms with Gasteiger partial charge in [-0.25, -0.2) is 13.6 Å². The number of halogens is 2. The van der Waals surface area contributed by atoms with E-state index in [2.05, 4.69) is 5.32 Å². The van der Waals surface area contributed by atoms with Crippen molar-refractivity contribution in [2.45, 2.75) is 6.54 Å². The number of carbonyl (C=O) groups is 1. The van der Waals surface area contributed by atoms with E-state index in [0.717, 1.165) is 6.07 Å². The van der Waals surface area contributed by atoms with E-state index in [-0.39, 0.29) is 12.1 Å². The van der Waals surface area contributed by atoms with E-state index in [1.807, 2.05) is 0 Å². The first-order valence-corrected chi connectivity index (χ1v) is 5.57. The van der Waals surface area contributed by atoms with Gasteiger partial charge in [0.05, 0.1) is 5.56 Å². The molecule has 2 rings (SSSR count). The molecule has 5 heteroatoms. The summed E-state index contributed by atoms with van der Waals surface area (Å²) in [6.07, 6.45) is 0. The summed E-state index contributed by atoms with van der Waals surface area (Å²) in [7, 11) is 0. The Balaban J connectivity index is 2.10. The summed E-state index contributed by atoms with van der Waals surface area (Å²) in [5.41, 5.74) is 1.17. The van der Waals surface area contributed by atoms with Gasteiger partial charge in [0, 0.05) is 18.3 Å². The molecule has 0 radical (unpaired) electrons. The summed E-state index contributed by atoms with van der Waals surface area (Å²) in [4.78, 5) is 10.8. The molecule has 2 aromatic carbocycles. The lowest BCUT2D eigenvalue weighted by atomic mass is 10.2. The van der Waals surface area contributed by atoms with Crippen molar-refractivity contribution in [3.05, 3.63) is 65.2 Å². The number of hydrogen-bond donors (Lipinski definition) is 2.